The van der Waals surface area contributed by atoms with Gasteiger partial charge in [0.2, 0.25) is 5.90 Å². The molecule has 3 aromatic carbocycles. The van der Waals surface area contributed by atoms with Crippen LogP contribution in [0, 0.1) is 0 Å². The molecule has 4 rings (SSSR count). The van der Waals surface area contributed by atoms with Crippen molar-refractivity contribution < 1.29 is 14.2 Å². The Morgan fingerprint density at radius 3 is 2.41 bits per heavy atom. The third-order valence-electron chi connectivity index (χ3n) is 4.80. The molecule has 0 N–H and O–H groups in total. The number of fused-ring (bicyclic) bond motifs is 1. The Balaban J connectivity index is 1.99. The summed E-state index contributed by atoms with van der Waals surface area (Å²) in [6, 6.07) is 18.5. The van der Waals surface area contributed by atoms with Crippen LogP contribution in [-0.2, 0) is 4.74 Å². The highest BCUT2D eigenvalue weighted by molar-refractivity contribution is 6.10. The van der Waals surface area contributed by atoms with Gasteiger partial charge in [0.1, 0.15) is 6.61 Å². The number of methoxy groups -OCH3 is 2. The summed E-state index contributed by atoms with van der Waals surface area (Å²) in [7, 11) is 3.29. The van der Waals surface area contributed by atoms with Crippen LogP contribution in [-0.4, -0.2) is 32.3 Å². The molecule has 1 aliphatic heterocycles. The third kappa shape index (κ3) is 3.12. The summed E-state index contributed by atoms with van der Waals surface area (Å²) >= 11 is 0. The van der Waals surface area contributed by atoms with Crippen molar-refractivity contribution in [2.45, 2.75) is 19.4 Å². The van der Waals surface area contributed by atoms with Gasteiger partial charge in [-0.2, -0.15) is 0 Å². The summed E-state index contributed by atoms with van der Waals surface area (Å²) in [4.78, 5) is 4.80. The minimum atomic E-state index is -0.212. The molecule has 0 aliphatic carbocycles. The second-order valence-corrected chi connectivity index (χ2v) is 7.30. The van der Waals surface area contributed by atoms with Gasteiger partial charge in [0.25, 0.3) is 0 Å². The lowest BCUT2D eigenvalue weighted by atomic mass is 9.93. The molecular formula is C23H23NO3. The first-order chi connectivity index (χ1) is 13.0. The van der Waals surface area contributed by atoms with Gasteiger partial charge in [0, 0.05) is 11.1 Å². The molecule has 0 fully saturated rings. The van der Waals surface area contributed by atoms with E-state index in [4.69, 9.17) is 19.2 Å². The Kier molecular flexibility index (Phi) is 4.27. The zero-order chi connectivity index (χ0) is 19.0. The SMILES string of the molecule is COc1ccc(-c2c(C3=NC(C)(C)CO3)ccc3ccccc23)cc1OC. The molecule has 0 unspecified atom stereocenters. The molecule has 138 valence electrons. The maximum atomic E-state index is 5.96. The van der Waals surface area contributed by atoms with Gasteiger partial charge < -0.3 is 14.2 Å². The van der Waals surface area contributed by atoms with E-state index >= 15 is 0 Å². The molecule has 0 spiro atoms. The van der Waals surface area contributed by atoms with Gasteiger partial charge in [-0.1, -0.05) is 36.4 Å². The molecule has 4 heteroatoms. The largest absolute Gasteiger partial charge is 0.493 e. The maximum absolute atomic E-state index is 5.96. The zero-order valence-electron chi connectivity index (χ0n) is 16.1. The second kappa shape index (κ2) is 6.62. The number of benzene rings is 3. The monoisotopic (exact) mass is 361 g/mol. The molecule has 4 nitrogen and oxygen atoms in total. The Labute approximate surface area is 159 Å². The van der Waals surface area contributed by atoms with Crippen LogP contribution < -0.4 is 9.47 Å². The number of hydrogen-bond donors (Lipinski definition) is 0. The van der Waals surface area contributed by atoms with E-state index in [0.29, 0.717) is 24.0 Å². The molecule has 0 bridgehead atoms. The van der Waals surface area contributed by atoms with Crippen molar-refractivity contribution in [2.24, 2.45) is 4.99 Å². The highest BCUT2D eigenvalue weighted by Crippen LogP contribution is 2.38. The fourth-order valence-electron chi connectivity index (χ4n) is 3.47. The minimum absolute atomic E-state index is 0.212. The van der Waals surface area contributed by atoms with E-state index in [9.17, 15) is 0 Å². The molecule has 3 aromatic rings. The zero-order valence-corrected chi connectivity index (χ0v) is 16.1. The first-order valence-electron chi connectivity index (χ1n) is 8.99. The normalized spacial score (nSPS) is 15.3. The first kappa shape index (κ1) is 17.4. The van der Waals surface area contributed by atoms with E-state index in [2.05, 4.69) is 44.2 Å². The van der Waals surface area contributed by atoms with Crippen molar-refractivity contribution in [2.75, 3.05) is 20.8 Å². The molecule has 1 heterocycles. The van der Waals surface area contributed by atoms with Gasteiger partial charge in [-0.25, -0.2) is 4.99 Å². The van der Waals surface area contributed by atoms with Crippen molar-refractivity contribution in [3.63, 3.8) is 0 Å². The van der Waals surface area contributed by atoms with Crippen molar-refractivity contribution in [1.82, 2.24) is 0 Å². The Morgan fingerprint density at radius 1 is 0.926 bits per heavy atom. The molecule has 0 amide bonds. The van der Waals surface area contributed by atoms with Crippen molar-refractivity contribution >= 4 is 16.7 Å². The van der Waals surface area contributed by atoms with Crippen LogP contribution in [0.2, 0.25) is 0 Å². The lowest BCUT2D eigenvalue weighted by molar-refractivity contribution is 0.279. The second-order valence-electron chi connectivity index (χ2n) is 7.30. The Morgan fingerprint density at radius 2 is 1.70 bits per heavy atom. The highest BCUT2D eigenvalue weighted by atomic mass is 16.5. The summed E-state index contributed by atoms with van der Waals surface area (Å²) in [5.41, 5.74) is 2.91. The van der Waals surface area contributed by atoms with E-state index in [0.717, 1.165) is 22.1 Å². The summed E-state index contributed by atoms with van der Waals surface area (Å²) < 4.78 is 16.9. The molecule has 0 saturated heterocycles. The molecular weight excluding hydrogens is 338 g/mol. The van der Waals surface area contributed by atoms with E-state index in [1.165, 1.54) is 5.39 Å². The third-order valence-corrected chi connectivity index (χ3v) is 4.80. The molecule has 0 aromatic heterocycles. The summed E-state index contributed by atoms with van der Waals surface area (Å²) in [6.07, 6.45) is 0. The van der Waals surface area contributed by atoms with Crippen LogP contribution in [0.1, 0.15) is 19.4 Å². The summed E-state index contributed by atoms with van der Waals surface area (Å²) in [5.74, 6) is 2.10. The van der Waals surface area contributed by atoms with E-state index < -0.39 is 0 Å². The first-order valence-corrected chi connectivity index (χ1v) is 8.99. The number of nitrogens with zero attached hydrogens (tertiary/aromatic N) is 1. The standard InChI is InChI=1S/C23H23NO3/c1-23(2)14-27-22(24-23)18-11-9-15-7-5-6-8-17(15)21(18)16-10-12-19(25-3)20(13-16)26-4/h5-13H,14H2,1-4H3. The lowest BCUT2D eigenvalue weighted by Gasteiger charge is -2.15. The lowest BCUT2D eigenvalue weighted by Crippen LogP contribution is -2.17. The number of aliphatic imine (C=N–C) groups is 1. The summed E-state index contributed by atoms with van der Waals surface area (Å²) in [5, 5.41) is 2.32. The molecule has 0 atom stereocenters. The predicted octanol–water partition coefficient (Wildman–Crippen LogP) is 5.08. The quantitative estimate of drug-likeness (QED) is 0.651. The Bertz CT molecular complexity index is 1040. The van der Waals surface area contributed by atoms with Crippen molar-refractivity contribution in [1.29, 1.82) is 0 Å². The highest BCUT2D eigenvalue weighted by Gasteiger charge is 2.29. The van der Waals surface area contributed by atoms with Crippen molar-refractivity contribution in [3.05, 3.63) is 60.2 Å². The van der Waals surface area contributed by atoms with Crippen LogP contribution in [0.4, 0.5) is 0 Å². The average Bonchev–Trinajstić information content (AvgIpc) is 3.06. The molecule has 1 aliphatic rings. The minimum Gasteiger partial charge on any atom is -0.493 e. The van der Waals surface area contributed by atoms with Crippen LogP contribution in [0.15, 0.2) is 59.6 Å². The molecule has 0 saturated carbocycles. The fourth-order valence-corrected chi connectivity index (χ4v) is 3.47. The van der Waals surface area contributed by atoms with Crippen LogP contribution in [0.25, 0.3) is 21.9 Å². The molecule has 27 heavy (non-hydrogen) atoms. The smallest absolute Gasteiger partial charge is 0.217 e. The number of rotatable bonds is 4. The number of hydrogen-bond acceptors (Lipinski definition) is 4. The molecule has 0 radical (unpaired) electrons. The summed E-state index contributed by atoms with van der Waals surface area (Å²) in [6.45, 7) is 4.74. The van der Waals surface area contributed by atoms with E-state index in [1.54, 1.807) is 14.2 Å². The van der Waals surface area contributed by atoms with E-state index in [1.807, 2.05) is 24.3 Å². The van der Waals surface area contributed by atoms with Gasteiger partial charge in [-0.15, -0.1) is 0 Å². The average molecular weight is 361 g/mol. The van der Waals surface area contributed by atoms with Gasteiger partial charge in [-0.05, 0) is 48.4 Å². The van der Waals surface area contributed by atoms with E-state index in [-0.39, 0.29) is 5.54 Å². The van der Waals surface area contributed by atoms with Crippen molar-refractivity contribution in [3.8, 4) is 22.6 Å². The van der Waals surface area contributed by atoms with Crippen LogP contribution in [0.5, 0.6) is 11.5 Å². The van der Waals surface area contributed by atoms with Gasteiger partial charge in [0.05, 0.1) is 19.8 Å². The van der Waals surface area contributed by atoms with Gasteiger partial charge in [0.15, 0.2) is 11.5 Å². The van der Waals surface area contributed by atoms with Gasteiger partial charge in [-0.3, -0.25) is 0 Å². The Hall–Kier alpha value is -3.01. The fraction of sp³-hybridized carbons (Fsp3) is 0.261. The topological polar surface area (TPSA) is 40.0 Å². The maximum Gasteiger partial charge on any atom is 0.217 e. The van der Waals surface area contributed by atoms with Crippen LogP contribution in [0.3, 0.4) is 0 Å². The van der Waals surface area contributed by atoms with Gasteiger partial charge >= 0.3 is 0 Å². The number of ether oxygens (including phenoxy) is 3. The predicted molar refractivity (Wildman–Crippen MR) is 109 cm³/mol. The van der Waals surface area contributed by atoms with Crippen LogP contribution >= 0.6 is 0 Å².